The van der Waals surface area contributed by atoms with Gasteiger partial charge in [0.25, 0.3) is 11.5 Å². The molecule has 120 valence electrons. The van der Waals surface area contributed by atoms with E-state index < -0.39 is 0 Å². The van der Waals surface area contributed by atoms with Gasteiger partial charge in [0.05, 0.1) is 6.04 Å². The number of pyridine rings is 1. The molecule has 3 rings (SSSR count). The summed E-state index contributed by atoms with van der Waals surface area (Å²) >= 11 is 0. The lowest BCUT2D eigenvalue weighted by atomic mass is 9.95. The number of likely N-dealkylation sites (tertiary alicyclic amines) is 1. The minimum atomic E-state index is -0.303. The second-order valence-corrected chi connectivity index (χ2v) is 6.13. The number of halogens is 1. The van der Waals surface area contributed by atoms with Crippen LogP contribution in [0.1, 0.15) is 35.3 Å². The first kappa shape index (κ1) is 15.5. The Morgan fingerprint density at radius 1 is 1.26 bits per heavy atom. The summed E-state index contributed by atoms with van der Waals surface area (Å²) in [6.45, 7) is 2.67. The molecule has 1 aliphatic heterocycles. The van der Waals surface area contributed by atoms with Crippen LogP contribution >= 0.6 is 0 Å². The molecule has 0 radical (unpaired) electrons. The highest BCUT2D eigenvalue weighted by atomic mass is 19.1. The summed E-state index contributed by atoms with van der Waals surface area (Å²) in [6.07, 6.45) is 2.45. The lowest BCUT2D eigenvalue weighted by molar-refractivity contribution is 0.0720. The second-order valence-electron chi connectivity index (χ2n) is 6.13. The Morgan fingerprint density at radius 3 is 2.74 bits per heavy atom. The van der Waals surface area contributed by atoms with Gasteiger partial charge in [-0.2, -0.15) is 0 Å². The normalized spacial score (nSPS) is 20.7. The lowest BCUT2D eigenvalue weighted by Gasteiger charge is -2.27. The maximum absolute atomic E-state index is 13.5. The molecule has 1 fully saturated rings. The van der Waals surface area contributed by atoms with Crippen LogP contribution in [0.15, 0.2) is 47.4 Å². The van der Waals surface area contributed by atoms with Crippen LogP contribution in [0.3, 0.4) is 0 Å². The van der Waals surface area contributed by atoms with Crippen molar-refractivity contribution in [1.29, 1.82) is 0 Å². The summed E-state index contributed by atoms with van der Waals surface area (Å²) in [5.41, 5.74) is 0.959. The van der Waals surface area contributed by atoms with E-state index in [9.17, 15) is 14.0 Å². The minimum Gasteiger partial charge on any atom is -0.331 e. The van der Waals surface area contributed by atoms with Crippen LogP contribution in [-0.4, -0.2) is 21.9 Å². The molecule has 2 aromatic rings. The monoisotopic (exact) mass is 314 g/mol. The number of aryl methyl sites for hydroxylation is 1. The Morgan fingerprint density at radius 2 is 2.04 bits per heavy atom. The van der Waals surface area contributed by atoms with Crippen LogP contribution < -0.4 is 5.56 Å². The minimum absolute atomic E-state index is 0.165. The van der Waals surface area contributed by atoms with Gasteiger partial charge in [-0.05, 0) is 36.1 Å². The van der Waals surface area contributed by atoms with Crippen molar-refractivity contribution in [2.24, 2.45) is 13.0 Å². The molecule has 0 spiro atoms. The van der Waals surface area contributed by atoms with Crippen molar-refractivity contribution >= 4 is 5.91 Å². The first-order valence-corrected chi connectivity index (χ1v) is 7.70. The van der Waals surface area contributed by atoms with E-state index in [4.69, 9.17) is 0 Å². The maximum atomic E-state index is 13.5. The van der Waals surface area contributed by atoms with Crippen LogP contribution in [0.5, 0.6) is 0 Å². The summed E-state index contributed by atoms with van der Waals surface area (Å²) in [6, 6.07) is 9.23. The van der Waals surface area contributed by atoms with Gasteiger partial charge in [-0.15, -0.1) is 0 Å². The van der Waals surface area contributed by atoms with Crippen LogP contribution in [0.4, 0.5) is 4.39 Å². The third-order valence-corrected chi connectivity index (χ3v) is 4.50. The lowest BCUT2D eigenvalue weighted by Crippen LogP contribution is -2.33. The summed E-state index contributed by atoms with van der Waals surface area (Å²) in [4.78, 5) is 26.3. The molecule has 1 saturated heterocycles. The number of hydrogen-bond acceptors (Lipinski definition) is 2. The summed E-state index contributed by atoms with van der Waals surface area (Å²) in [7, 11) is 1.64. The van der Waals surface area contributed by atoms with Gasteiger partial charge in [-0.1, -0.05) is 19.1 Å². The molecule has 0 N–H and O–H groups in total. The van der Waals surface area contributed by atoms with Gasteiger partial charge in [0, 0.05) is 31.4 Å². The summed E-state index contributed by atoms with van der Waals surface area (Å²) in [5, 5.41) is 0. The number of hydrogen-bond donors (Lipinski definition) is 0. The Balaban J connectivity index is 1.95. The molecule has 1 aromatic carbocycles. The molecule has 1 aliphatic rings. The van der Waals surface area contributed by atoms with Crippen LogP contribution in [0.25, 0.3) is 0 Å². The van der Waals surface area contributed by atoms with E-state index >= 15 is 0 Å². The van der Waals surface area contributed by atoms with Crippen LogP contribution in [-0.2, 0) is 7.05 Å². The quantitative estimate of drug-likeness (QED) is 0.855. The zero-order valence-electron chi connectivity index (χ0n) is 13.2. The van der Waals surface area contributed by atoms with E-state index in [1.807, 2.05) is 6.07 Å². The van der Waals surface area contributed by atoms with E-state index in [2.05, 4.69) is 6.92 Å². The topological polar surface area (TPSA) is 42.3 Å². The van der Waals surface area contributed by atoms with Gasteiger partial charge in [0.2, 0.25) is 0 Å². The van der Waals surface area contributed by atoms with E-state index in [1.165, 1.54) is 22.8 Å². The summed E-state index contributed by atoms with van der Waals surface area (Å²) in [5.74, 6) is -0.240. The fourth-order valence-electron chi connectivity index (χ4n) is 3.22. The van der Waals surface area contributed by atoms with Gasteiger partial charge in [0.1, 0.15) is 5.82 Å². The van der Waals surface area contributed by atoms with Crippen molar-refractivity contribution in [1.82, 2.24) is 9.47 Å². The largest absolute Gasteiger partial charge is 0.331 e. The van der Waals surface area contributed by atoms with Gasteiger partial charge in [-0.3, -0.25) is 9.59 Å². The van der Waals surface area contributed by atoms with Crippen molar-refractivity contribution in [2.75, 3.05) is 6.54 Å². The van der Waals surface area contributed by atoms with E-state index in [-0.39, 0.29) is 29.2 Å². The Bertz CT molecular complexity index is 800. The number of amides is 1. The van der Waals surface area contributed by atoms with Gasteiger partial charge in [0.15, 0.2) is 0 Å². The SMILES string of the molecule is C[C@H]1CCN(C(=O)c2ccn(C)c(=O)c2)[C@H]1c1cccc(F)c1. The van der Waals surface area contributed by atoms with E-state index in [1.54, 1.807) is 30.3 Å². The third-order valence-electron chi connectivity index (χ3n) is 4.50. The molecule has 4 nitrogen and oxygen atoms in total. The third kappa shape index (κ3) is 2.91. The molecule has 2 heterocycles. The molecule has 1 aromatic heterocycles. The highest BCUT2D eigenvalue weighted by Crippen LogP contribution is 2.37. The fraction of sp³-hybridized carbons (Fsp3) is 0.333. The predicted octanol–water partition coefficient (Wildman–Crippen LogP) is 2.75. The molecule has 0 unspecified atom stereocenters. The number of benzene rings is 1. The van der Waals surface area contributed by atoms with Crippen molar-refractivity contribution < 1.29 is 9.18 Å². The molecule has 1 amide bonds. The number of nitrogens with zero attached hydrogens (tertiary/aromatic N) is 2. The molecule has 23 heavy (non-hydrogen) atoms. The van der Waals surface area contributed by atoms with E-state index in [0.29, 0.717) is 12.1 Å². The van der Waals surface area contributed by atoms with Crippen LogP contribution in [0.2, 0.25) is 0 Å². The molecular weight excluding hydrogens is 295 g/mol. The maximum Gasteiger partial charge on any atom is 0.254 e. The number of rotatable bonds is 2. The van der Waals surface area contributed by atoms with Crippen molar-refractivity contribution in [2.45, 2.75) is 19.4 Å². The van der Waals surface area contributed by atoms with Crippen LogP contribution in [0, 0.1) is 11.7 Å². The molecular formula is C18H19FN2O2. The molecule has 2 atom stereocenters. The number of carbonyl (C=O) groups is 1. The Labute approximate surface area is 134 Å². The smallest absolute Gasteiger partial charge is 0.254 e. The second kappa shape index (κ2) is 5.99. The standard InChI is InChI=1S/C18H19FN2O2/c1-12-6-9-21(17(12)13-4-3-5-15(19)10-13)18(23)14-7-8-20(2)16(22)11-14/h3-5,7-8,10-12,17H,6,9H2,1-2H3/t12-,17+/m0/s1. The molecule has 0 saturated carbocycles. The molecule has 5 heteroatoms. The fourth-order valence-corrected chi connectivity index (χ4v) is 3.22. The average molecular weight is 314 g/mol. The van der Waals surface area contributed by atoms with Crippen molar-refractivity contribution in [3.05, 3.63) is 69.9 Å². The number of aromatic nitrogens is 1. The van der Waals surface area contributed by atoms with Crippen molar-refractivity contribution in [3.8, 4) is 0 Å². The van der Waals surface area contributed by atoms with E-state index in [0.717, 1.165) is 12.0 Å². The molecule has 0 aliphatic carbocycles. The zero-order chi connectivity index (χ0) is 16.6. The van der Waals surface area contributed by atoms with Gasteiger partial charge >= 0.3 is 0 Å². The first-order chi connectivity index (χ1) is 11.0. The predicted molar refractivity (Wildman–Crippen MR) is 85.6 cm³/mol. The highest BCUT2D eigenvalue weighted by molar-refractivity contribution is 5.94. The Hall–Kier alpha value is -2.43. The zero-order valence-corrected chi connectivity index (χ0v) is 13.2. The highest BCUT2D eigenvalue weighted by Gasteiger charge is 2.36. The molecule has 0 bridgehead atoms. The van der Waals surface area contributed by atoms with Gasteiger partial charge < -0.3 is 9.47 Å². The first-order valence-electron chi connectivity index (χ1n) is 7.70. The van der Waals surface area contributed by atoms with Crippen molar-refractivity contribution in [3.63, 3.8) is 0 Å². The van der Waals surface area contributed by atoms with Gasteiger partial charge in [-0.25, -0.2) is 4.39 Å². The Kier molecular flexibility index (Phi) is 4.03. The summed E-state index contributed by atoms with van der Waals surface area (Å²) < 4.78 is 15.0. The number of carbonyl (C=O) groups excluding carboxylic acids is 1. The average Bonchev–Trinajstić information content (AvgIpc) is 2.91.